The number of fused-ring (bicyclic) bond motifs is 1. The van der Waals surface area contributed by atoms with Gasteiger partial charge in [0.2, 0.25) is 0 Å². The van der Waals surface area contributed by atoms with Crippen molar-refractivity contribution < 1.29 is 14.0 Å². The van der Waals surface area contributed by atoms with Crippen LogP contribution < -0.4 is 10.6 Å². The van der Waals surface area contributed by atoms with Crippen molar-refractivity contribution in [3.05, 3.63) is 43.6 Å². The molecule has 0 unspecified atom stereocenters. The molecule has 0 aliphatic carbocycles. The first-order valence-corrected chi connectivity index (χ1v) is 11.9. The maximum absolute atomic E-state index is 14.5. The summed E-state index contributed by atoms with van der Waals surface area (Å²) in [6, 6.07) is 6.87. The Morgan fingerprint density at radius 3 is 2.84 bits per heavy atom. The molecule has 0 bridgehead atoms. The quantitative estimate of drug-likeness (QED) is 0.497. The van der Waals surface area contributed by atoms with Crippen LogP contribution in [0.3, 0.4) is 0 Å². The molecule has 0 spiro atoms. The Bertz CT molecular complexity index is 1060. The van der Waals surface area contributed by atoms with Crippen LogP contribution in [-0.4, -0.2) is 36.3 Å². The lowest BCUT2D eigenvalue weighted by molar-refractivity contribution is 0.0767. The summed E-state index contributed by atoms with van der Waals surface area (Å²) in [4.78, 5) is 28.4. The lowest BCUT2D eigenvalue weighted by Crippen LogP contribution is -2.33. The SMILES string of the molecule is CCN(CCC#N)C(=O)c1c(Nc2ccc(I)cc2F)sc2c1CC(C)(C)CNC2=O. The molecule has 0 saturated heterocycles. The summed E-state index contributed by atoms with van der Waals surface area (Å²) in [7, 11) is 0. The van der Waals surface area contributed by atoms with Crippen LogP contribution in [-0.2, 0) is 6.42 Å². The minimum atomic E-state index is -0.435. The molecule has 1 aliphatic heterocycles. The summed E-state index contributed by atoms with van der Waals surface area (Å²) in [5, 5.41) is 15.4. The summed E-state index contributed by atoms with van der Waals surface area (Å²) in [6.07, 6.45) is 0.748. The lowest BCUT2D eigenvalue weighted by Gasteiger charge is -2.24. The van der Waals surface area contributed by atoms with Gasteiger partial charge in [0.1, 0.15) is 10.8 Å². The summed E-state index contributed by atoms with van der Waals surface area (Å²) in [6.45, 7) is 7.15. The largest absolute Gasteiger partial charge is 0.351 e. The molecule has 31 heavy (non-hydrogen) atoms. The summed E-state index contributed by atoms with van der Waals surface area (Å²) in [5.74, 6) is -0.916. The van der Waals surface area contributed by atoms with E-state index in [1.54, 1.807) is 17.0 Å². The highest BCUT2D eigenvalue weighted by Crippen LogP contribution is 2.41. The van der Waals surface area contributed by atoms with E-state index < -0.39 is 5.82 Å². The van der Waals surface area contributed by atoms with Crippen LogP contribution in [0.2, 0.25) is 0 Å². The van der Waals surface area contributed by atoms with E-state index in [9.17, 15) is 14.0 Å². The standard InChI is InChI=1S/C22H24FIN4O2S/c1-4-28(9-5-8-25)21(30)17-14-11-22(2,3)12-26-19(29)18(14)31-20(17)27-16-7-6-13(24)10-15(16)23/h6-7,10,27H,4-5,9,11-12H2,1-3H3,(H,26,29). The Morgan fingerprint density at radius 1 is 1.45 bits per heavy atom. The van der Waals surface area contributed by atoms with E-state index in [0.717, 1.165) is 3.57 Å². The van der Waals surface area contributed by atoms with Crippen molar-refractivity contribution in [3.63, 3.8) is 0 Å². The third-order valence-corrected chi connectivity index (χ3v) is 6.97. The van der Waals surface area contributed by atoms with Gasteiger partial charge in [0.15, 0.2) is 0 Å². The number of carbonyl (C=O) groups excluding carboxylic acids is 2. The fraction of sp³-hybridized carbons (Fsp3) is 0.409. The molecule has 9 heteroatoms. The number of hydrogen-bond acceptors (Lipinski definition) is 5. The number of thiophene rings is 1. The Morgan fingerprint density at radius 2 is 2.19 bits per heavy atom. The van der Waals surface area contributed by atoms with E-state index >= 15 is 0 Å². The summed E-state index contributed by atoms with van der Waals surface area (Å²) in [5.41, 5.74) is 1.07. The number of benzene rings is 1. The predicted molar refractivity (Wildman–Crippen MR) is 128 cm³/mol. The van der Waals surface area contributed by atoms with Crippen LogP contribution in [0.5, 0.6) is 0 Å². The number of nitrogens with one attached hydrogen (secondary N) is 2. The highest BCUT2D eigenvalue weighted by Gasteiger charge is 2.35. The van der Waals surface area contributed by atoms with E-state index in [2.05, 4.69) is 16.7 Å². The van der Waals surface area contributed by atoms with Gasteiger partial charge < -0.3 is 15.5 Å². The van der Waals surface area contributed by atoms with Gasteiger partial charge in [-0.1, -0.05) is 13.8 Å². The zero-order chi connectivity index (χ0) is 22.8. The first-order chi connectivity index (χ1) is 14.7. The summed E-state index contributed by atoms with van der Waals surface area (Å²) >= 11 is 3.20. The third-order valence-electron chi connectivity index (χ3n) is 5.15. The highest BCUT2D eigenvalue weighted by atomic mass is 127. The molecule has 2 aromatic rings. The molecule has 0 saturated carbocycles. The number of hydrogen-bond donors (Lipinski definition) is 2. The Kier molecular flexibility index (Phi) is 7.21. The van der Waals surface area contributed by atoms with Crippen molar-refractivity contribution in [1.29, 1.82) is 5.26 Å². The molecule has 0 atom stereocenters. The molecule has 1 aromatic heterocycles. The number of carbonyl (C=O) groups is 2. The van der Waals surface area contributed by atoms with Crippen molar-refractivity contribution in [2.45, 2.75) is 33.6 Å². The van der Waals surface area contributed by atoms with Gasteiger partial charge in [0.25, 0.3) is 11.8 Å². The van der Waals surface area contributed by atoms with Gasteiger partial charge in [-0.15, -0.1) is 11.3 Å². The topological polar surface area (TPSA) is 85.2 Å². The van der Waals surface area contributed by atoms with Gasteiger partial charge in [-0.05, 0) is 65.1 Å². The maximum Gasteiger partial charge on any atom is 0.261 e. The van der Waals surface area contributed by atoms with E-state index in [0.29, 0.717) is 47.1 Å². The molecule has 1 aromatic carbocycles. The van der Waals surface area contributed by atoms with Crippen LogP contribution in [0.15, 0.2) is 18.2 Å². The minimum absolute atomic E-state index is 0.215. The van der Waals surface area contributed by atoms with Gasteiger partial charge in [-0.2, -0.15) is 5.26 Å². The molecule has 0 fully saturated rings. The Balaban J connectivity index is 2.14. The average molecular weight is 554 g/mol. The lowest BCUT2D eigenvalue weighted by atomic mass is 9.85. The Hall–Kier alpha value is -2.19. The van der Waals surface area contributed by atoms with Gasteiger partial charge in [-0.3, -0.25) is 9.59 Å². The maximum atomic E-state index is 14.5. The number of nitrogens with zero attached hydrogens (tertiary/aromatic N) is 2. The van der Waals surface area contributed by atoms with E-state index in [1.165, 1.54) is 17.4 Å². The molecule has 1 aliphatic rings. The van der Waals surface area contributed by atoms with Crippen molar-refractivity contribution >= 4 is 56.4 Å². The van der Waals surface area contributed by atoms with E-state index in [4.69, 9.17) is 5.26 Å². The molecular formula is C22H24FIN4O2S. The number of rotatable bonds is 6. The van der Waals surface area contributed by atoms with Crippen molar-refractivity contribution in [1.82, 2.24) is 10.2 Å². The van der Waals surface area contributed by atoms with Crippen molar-refractivity contribution in [2.24, 2.45) is 5.41 Å². The van der Waals surface area contributed by atoms with Gasteiger partial charge in [0.05, 0.1) is 28.6 Å². The smallest absolute Gasteiger partial charge is 0.261 e. The fourth-order valence-electron chi connectivity index (χ4n) is 3.53. The number of amides is 2. The summed E-state index contributed by atoms with van der Waals surface area (Å²) < 4.78 is 15.3. The van der Waals surface area contributed by atoms with Gasteiger partial charge >= 0.3 is 0 Å². The molecular weight excluding hydrogens is 530 g/mol. The molecule has 164 valence electrons. The molecule has 3 rings (SSSR count). The second-order valence-electron chi connectivity index (χ2n) is 8.18. The van der Waals surface area contributed by atoms with Crippen LogP contribution in [0, 0.1) is 26.1 Å². The first-order valence-electron chi connectivity index (χ1n) is 9.99. The zero-order valence-electron chi connectivity index (χ0n) is 17.6. The van der Waals surface area contributed by atoms with Crippen LogP contribution >= 0.6 is 33.9 Å². The second-order valence-corrected chi connectivity index (χ2v) is 10.4. The number of nitriles is 1. The first kappa shape index (κ1) is 23.5. The van der Waals surface area contributed by atoms with Gasteiger partial charge in [0, 0.05) is 23.2 Å². The van der Waals surface area contributed by atoms with Crippen LogP contribution in [0.4, 0.5) is 15.1 Å². The fourth-order valence-corrected chi connectivity index (χ4v) is 5.13. The van der Waals surface area contributed by atoms with Crippen molar-refractivity contribution in [2.75, 3.05) is 25.0 Å². The predicted octanol–water partition coefficient (Wildman–Crippen LogP) is 4.92. The van der Waals surface area contributed by atoms with E-state index in [-0.39, 0.29) is 29.3 Å². The molecule has 2 heterocycles. The normalized spacial score (nSPS) is 14.8. The number of halogens is 2. The number of anilines is 2. The second kappa shape index (κ2) is 9.53. The third kappa shape index (κ3) is 5.18. The Labute approximate surface area is 199 Å². The average Bonchev–Trinajstić information content (AvgIpc) is 3.00. The molecule has 2 N–H and O–H groups in total. The van der Waals surface area contributed by atoms with E-state index in [1.807, 2.05) is 43.4 Å². The van der Waals surface area contributed by atoms with Gasteiger partial charge in [-0.25, -0.2) is 4.39 Å². The van der Waals surface area contributed by atoms with Crippen molar-refractivity contribution in [3.8, 4) is 6.07 Å². The molecule has 0 radical (unpaired) electrons. The molecule has 2 amide bonds. The zero-order valence-corrected chi connectivity index (χ0v) is 20.6. The minimum Gasteiger partial charge on any atom is -0.351 e. The van der Waals surface area contributed by atoms with Crippen LogP contribution in [0.1, 0.15) is 52.8 Å². The monoisotopic (exact) mass is 554 g/mol. The highest BCUT2D eigenvalue weighted by molar-refractivity contribution is 14.1. The molecule has 6 nitrogen and oxygen atoms in total. The van der Waals surface area contributed by atoms with Crippen LogP contribution in [0.25, 0.3) is 0 Å².